The van der Waals surface area contributed by atoms with E-state index in [1.807, 2.05) is 0 Å². The third-order valence-corrected chi connectivity index (χ3v) is 4.29. The Morgan fingerprint density at radius 1 is 1.06 bits per heavy atom. The molecule has 0 aliphatic heterocycles. The minimum atomic E-state index is 0.795. The van der Waals surface area contributed by atoms with Crippen LogP contribution in [-0.4, -0.2) is 0 Å². The quantitative estimate of drug-likeness (QED) is 0.630. The van der Waals surface area contributed by atoms with Gasteiger partial charge in [0.05, 0.1) is 0 Å². The van der Waals surface area contributed by atoms with Gasteiger partial charge in [-0.15, -0.1) is 0 Å². The standard InChI is InChI=1S/C16H24/c1-11-5-7-13(3)15(9-11)16-10-12(2)6-8-14(16)4/h5,7,9,12,14,16H,6,8,10H2,1-4H3. The summed E-state index contributed by atoms with van der Waals surface area (Å²) < 4.78 is 0. The molecule has 1 saturated carbocycles. The van der Waals surface area contributed by atoms with Gasteiger partial charge < -0.3 is 0 Å². The van der Waals surface area contributed by atoms with E-state index in [2.05, 4.69) is 45.9 Å². The Bertz CT molecular complexity index is 364. The molecule has 2 rings (SSSR count). The van der Waals surface area contributed by atoms with Crippen LogP contribution in [-0.2, 0) is 0 Å². The molecule has 1 fully saturated rings. The minimum absolute atomic E-state index is 0.795. The van der Waals surface area contributed by atoms with E-state index in [4.69, 9.17) is 0 Å². The lowest BCUT2D eigenvalue weighted by Crippen LogP contribution is -2.20. The van der Waals surface area contributed by atoms with Gasteiger partial charge in [-0.25, -0.2) is 0 Å². The maximum atomic E-state index is 2.43. The predicted molar refractivity (Wildman–Crippen MR) is 70.8 cm³/mol. The molecule has 0 heterocycles. The lowest BCUT2D eigenvalue weighted by molar-refractivity contribution is 0.264. The Hall–Kier alpha value is -0.780. The molecular formula is C16H24. The van der Waals surface area contributed by atoms with E-state index in [9.17, 15) is 0 Å². The summed E-state index contributed by atoms with van der Waals surface area (Å²) >= 11 is 0. The second-order valence-electron chi connectivity index (χ2n) is 5.86. The molecule has 0 bridgehead atoms. The van der Waals surface area contributed by atoms with Crippen LogP contribution in [0.25, 0.3) is 0 Å². The van der Waals surface area contributed by atoms with Gasteiger partial charge in [-0.05, 0) is 55.6 Å². The molecule has 3 atom stereocenters. The highest BCUT2D eigenvalue weighted by Gasteiger charge is 2.27. The van der Waals surface area contributed by atoms with Gasteiger partial charge in [-0.2, -0.15) is 0 Å². The van der Waals surface area contributed by atoms with Crippen LogP contribution < -0.4 is 0 Å². The van der Waals surface area contributed by atoms with Crippen LogP contribution in [0.1, 0.15) is 55.7 Å². The first-order chi connectivity index (χ1) is 7.58. The van der Waals surface area contributed by atoms with Crippen molar-refractivity contribution in [3.63, 3.8) is 0 Å². The first kappa shape index (κ1) is 11.7. The molecule has 0 heteroatoms. The zero-order valence-corrected chi connectivity index (χ0v) is 11.1. The molecule has 0 spiro atoms. The smallest absolute Gasteiger partial charge is 0.0131 e. The van der Waals surface area contributed by atoms with Gasteiger partial charge in [0.15, 0.2) is 0 Å². The first-order valence-electron chi connectivity index (χ1n) is 6.65. The number of rotatable bonds is 1. The van der Waals surface area contributed by atoms with Crippen molar-refractivity contribution in [3.8, 4) is 0 Å². The lowest BCUT2D eigenvalue weighted by atomic mass is 9.71. The van der Waals surface area contributed by atoms with Crippen LogP contribution in [0.15, 0.2) is 18.2 Å². The molecule has 0 amide bonds. The molecule has 1 aromatic carbocycles. The Balaban J connectivity index is 2.30. The fraction of sp³-hybridized carbons (Fsp3) is 0.625. The second-order valence-corrected chi connectivity index (χ2v) is 5.86. The summed E-state index contributed by atoms with van der Waals surface area (Å²) in [5, 5.41) is 0. The van der Waals surface area contributed by atoms with Crippen molar-refractivity contribution < 1.29 is 0 Å². The highest BCUT2D eigenvalue weighted by molar-refractivity contribution is 5.34. The van der Waals surface area contributed by atoms with Gasteiger partial charge in [0, 0.05) is 0 Å². The molecule has 16 heavy (non-hydrogen) atoms. The van der Waals surface area contributed by atoms with Gasteiger partial charge in [0.25, 0.3) is 0 Å². The summed E-state index contributed by atoms with van der Waals surface area (Å²) in [6.45, 7) is 9.31. The Kier molecular flexibility index (Phi) is 3.37. The topological polar surface area (TPSA) is 0 Å². The number of hydrogen-bond acceptors (Lipinski definition) is 0. The summed E-state index contributed by atoms with van der Waals surface area (Å²) in [6.07, 6.45) is 4.20. The predicted octanol–water partition coefficient (Wildman–Crippen LogP) is 4.84. The van der Waals surface area contributed by atoms with Crippen molar-refractivity contribution >= 4 is 0 Å². The Labute approximate surface area is 100 Å². The molecule has 88 valence electrons. The maximum Gasteiger partial charge on any atom is -0.0131 e. The Morgan fingerprint density at radius 3 is 2.56 bits per heavy atom. The molecule has 1 aromatic rings. The van der Waals surface area contributed by atoms with Gasteiger partial charge in [-0.3, -0.25) is 0 Å². The van der Waals surface area contributed by atoms with Crippen LogP contribution in [0.4, 0.5) is 0 Å². The van der Waals surface area contributed by atoms with Crippen molar-refractivity contribution in [2.45, 2.75) is 52.9 Å². The third kappa shape index (κ3) is 2.31. The highest BCUT2D eigenvalue weighted by Crippen LogP contribution is 2.41. The van der Waals surface area contributed by atoms with E-state index >= 15 is 0 Å². The molecular weight excluding hydrogens is 192 g/mol. The average molecular weight is 216 g/mol. The van der Waals surface area contributed by atoms with E-state index < -0.39 is 0 Å². The molecule has 1 aliphatic rings. The van der Waals surface area contributed by atoms with E-state index in [0.29, 0.717) is 0 Å². The van der Waals surface area contributed by atoms with Crippen LogP contribution in [0.3, 0.4) is 0 Å². The number of hydrogen-bond donors (Lipinski definition) is 0. The average Bonchev–Trinajstić information content (AvgIpc) is 2.25. The van der Waals surface area contributed by atoms with E-state index in [-0.39, 0.29) is 0 Å². The molecule has 3 unspecified atom stereocenters. The lowest BCUT2D eigenvalue weighted by Gasteiger charge is -2.34. The molecule has 0 nitrogen and oxygen atoms in total. The minimum Gasteiger partial charge on any atom is -0.0625 e. The number of benzene rings is 1. The van der Waals surface area contributed by atoms with Crippen molar-refractivity contribution in [2.75, 3.05) is 0 Å². The zero-order chi connectivity index (χ0) is 11.7. The summed E-state index contributed by atoms with van der Waals surface area (Å²) in [4.78, 5) is 0. The van der Waals surface area contributed by atoms with Crippen molar-refractivity contribution in [1.82, 2.24) is 0 Å². The summed E-state index contributed by atoms with van der Waals surface area (Å²) in [5.74, 6) is 2.56. The third-order valence-electron chi connectivity index (χ3n) is 4.29. The van der Waals surface area contributed by atoms with Crippen molar-refractivity contribution in [3.05, 3.63) is 34.9 Å². The first-order valence-corrected chi connectivity index (χ1v) is 6.65. The van der Waals surface area contributed by atoms with Crippen LogP contribution in [0, 0.1) is 25.7 Å². The van der Waals surface area contributed by atoms with Crippen molar-refractivity contribution in [2.24, 2.45) is 11.8 Å². The number of aryl methyl sites for hydroxylation is 2. The normalized spacial score (nSPS) is 30.4. The van der Waals surface area contributed by atoms with Crippen LogP contribution >= 0.6 is 0 Å². The van der Waals surface area contributed by atoms with Crippen LogP contribution in [0.5, 0.6) is 0 Å². The summed E-state index contributed by atoms with van der Waals surface area (Å²) in [6, 6.07) is 6.93. The van der Waals surface area contributed by atoms with Gasteiger partial charge >= 0.3 is 0 Å². The fourth-order valence-electron chi connectivity index (χ4n) is 3.13. The Morgan fingerprint density at radius 2 is 1.81 bits per heavy atom. The van der Waals surface area contributed by atoms with E-state index in [0.717, 1.165) is 17.8 Å². The van der Waals surface area contributed by atoms with Gasteiger partial charge in [-0.1, -0.05) is 44.0 Å². The largest absolute Gasteiger partial charge is 0.0625 e. The summed E-state index contributed by atoms with van der Waals surface area (Å²) in [7, 11) is 0. The monoisotopic (exact) mass is 216 g/mol. The maximum absolute atomic E-state index is 2.43. The molecule has 0 N–H and O–H groups in total. The van der Waals surface area contributed by atoms with E-state index in [1.54, 1.807) is 5.56 Å². The van der Waals surface area contributed by atoms with Crippen LogP contribution in [0.2, 0.25) is 0 Å². The molecule has 1 aliphatic carbocycles. The zero-order valence-electron chi connectivity index (χ0n) is 11.1. The summed E-state index contributed by atoms with van der Waals surface area (Å²) in [5.41, 5.74) is 4.50. The second kappa shape index (κ2) is 4.61. The highest BCUT2D eigenvalue weighted by atomic mass is 14.3. The van der Waals surface area contributed by atoms with E-state index in [1.165, 1.54) is 30.4 Å². The van der Waals surface area contributed by atoms with Gasteiger partial charge in [0.2, 0.25) is 0 Å². The SMILES string of the molecule is Cc1ccc(C)c(C2CC(C)CCC2C)c1. The molecule has 0 aromatic heterocycles. The van der Waals surface area contributed by atoms with Gasteiger partial charge in [0.1, 0.15) is 0 Å². The van der Waals surface area contributed by atoms with Crippen molar-refractivity contribution in [1.29, 1.82) is 0 Å². The molecule has 0 saturated heterocycles. The molecule has 0 radical (unpaired) electrons. The fourth-order valence-corrected chi connectivity index (χ4v) is 3.13.